The molecule has 0 aromatic rings. The van der Waals surface area contributed by atoms with Gasteiger partial charge in [0.05, 0.1) is 42.2 Å². The molecule has 8 nitrogen and oxygen atoms in total. The van der Waals surface area contributed by atoms with Crippen LogP contribution in [0.3, 0.4) is 0 Å². The van der Waals surface area contributed by atoms with E-state index < -0.39 is 0 Å². The van der Waals surface area contributed by atoms with Crippen LogP contribution in [0.15, 0.2) is 0 Å². The predicted molar refractivity (Wildman–Crippen MR) is 159 cm³/mol. The quantitative estimate of drug-likeness (QED) is 0.260. The molecule has 4 fully saturated rings. The lowest BCUT2D eigenvalue weighted by Crippen LogP contribution is -2.66. The van der Waals surface area contributed by atoms with Crippen LogP contribution in [0.4, 0.5) is 0 Å². The molecule has 2 saturated heterocycles. The van der Waals surface area contributed by atoms with Gasteiger partial charge in [-0.2, -0.15) is 5.26 Å². The summed E-state index contributed by atoms with van der Waals surface area (Å²) in [5.74, 6) is 0.847. The van der Waals surface area contributed by atoms with Gasteiger partial charge in [0.2, 0.25) is 5.91 Å². The molecular formula is C31H54ClN5O3. The Hall–Kier alpha value is -0.950. The molecule has 228 valence electrons. The SMILES string of the molecule is CCOC1CC2NCC(C#N)C(NC3CCC(OCC4CCCCN4)C(Cl)C3)C2CC1NC(=O)CCCC(C)C. The monoisotopic (exact) mass is 579 g/mol. The lowest BCUT2D eigenvalue weighted by molar-refractivity contribution is -0.124. The van der Waals surface area contributed by atoms with Crippen LogP contribution in [0.25, 0.3) is 0 Å². The van der Waals surface area contributed by atoms with Crippen molar-refractivity contribution < 1.29 is 14.3 Å². The normalized spacial score (nSPS) is 38.4. The predicted octanol–water partition coefficient (Wildman–Crippen LogP) is 3.87. The van der Waals surface area contributed by atoms with Gasteiger partial charge in [-0.05, 0) is 76.7 Å². The molecule has 4 rings (SSSR count). The van der Waals surface area contributed by atoms with Crippen molar-refractivity contribution in [2.75, 3.05) is 26.3 Å². The van der Waals surface area contributed by atoms with E-state index in [1.165, 1.54) is 19.3 Å². The van der Waals surface area contributed by atoms with Crippen molar-refractivity contribution in [2.45, 2.75) is 139 Å². The molecule has 2 heterocycles. The third-order valence-electron chi connectivity index (χ3n) is 9.62. The van der Waals surface area contributed by atoms with Gasteiger partial charge < -0.3 is 30.7 Å². The summed E-state index contributed by atoms with van der Waals surface area (Å²) >= 11 is 6.89. The number of alkyl halides is 1. The molecule has 0 aromatic heterocycles. The van der Waals surface area contributed by atoms with Gasteiger partial charge in [-0.25, -0.2) is 0 Å². The Morgan fingerprint density at radius 3 is 2.65 bits per heavy atom. The number of halogens is 1. The first-order valence-electron chi connectivity index (χ1n) is 16.2. The molecule has 2 aliphatic carbocycles. The van der Waals surface area contributed by atoms with Crippen molar-refractivity contribution in [1.82, 2.24) is 21.3 Å². The first-order chi connectivity index (χ1) is 19.4. The number of carbonyl (C=O) groups is 1. The van der Waals surface area contributed by atoms with E-state index in [9.17, 15) is 10.1 Å². The van der Waals surface area contributed by atoms with Crippen LogP contribution in [-0.4, -0.2) is 80.0 Å². The van der Waals surface area contributed by atoms with Gasteiger partial charge in [0, 0.05) is 43.7 Å². The fraction of sp³-hybridized carbons (Fsp3) is 0.935. The first-order valence-corrected chi connectivity index (χ1v) is 16.6. The van der Waals surface area contributed by atoms with Gasteiger partial charge >= 0.3 is 0 Å². The largest absolute Gasteiger partial charge is 0.376 e. The molecule has 0 bridgehead atoms. The van der Waals surface area contributed by atoms with E-state index in [0.29, 0.717) is 31.5 Å². The molecule has 9 heteroatoms. The molecule has 4 N–H and O–H groups in total. The summed E-state index contributed by atoms with van der Waals surface area (Å²) in [6.07, 6.45) is 10.8. The van der Waals surface area contributed by atoms with Crippen molar-refractivity contribution in [2.24, 2.45) is 17.8 Å². The molecule has 0 spiro atoms. The second kappa shape index (κ2) is 16.0. The van der Waals surface area contributed by atoms with Crippen LogP contribution in [0.1, 0.15) is 91.4 Å². The number of nitrogens with one attached hydrogen (secondary N) is 4. The lowest BCUT2D eigenvalue weighted by Gasteiger charge is -2.50. The molecule has 4 aliphatic rings. The lowest BCUT2D eigenvalue weighted by atomic mass is 9.69. The molecule has 0 radical (unpaired) electrons. The zero-order valence-corrected chi connectivity index (χ0v) is 25.8. The summed E-state index contributed by atoms with van der Waals surface area (Å²) in [4.78, 5) is 12.9. The average Bonchev–Trinajstić information content (AvgIpc) is 2.94. The van der Waals surface area contributed by atoms with Crippen molar-refractivity contribution in [1.29, 1.82) is 5.26 Å². The number of amides is 1. The zero-order valence-electron chi connectivity index (χ0n) is 25.0. The Bertz CT molecular complexity index is 819. The van der Waals surface area contributed by atoms with Crippen LogP contribution in [0.5, 0.6) is 0 Å². The number of piperidine rings is 2. The second-order valence-corrected chi connectivity index (χ2v) is 13.6. The van der Waals surface area contributed by atoms with Crippen LogP contribution in [0, 0.1) is 29.1 Å². The summed E-state index contributed by atoms with van der Waals surface area (Å²) in [5.41, 5.74) is 0. The van der Waals surface area contributed by atoms with Gasteiger partial charge in [-0.1, -0.05) is 26.7 Å². The fourth-order valence-electron chi connectivity index (χ4n) is 7.40. The third kappa shape index (κ3) is 9.02. The third-order valence-corrected chi connectivity index (χ3v) is 10.1. The summed E-state index contributed by atoms with van der Waals surface area (Å²) in [6.45, 7) is 9.54. The maximum atomic E-state index is 12.9. The molecule has 1 amide bonds. The van der Waals surface area contributed by atoms with Crippen molar-refractivity contribution in [3.05, 3.63) is 0 Å². The van der Waals surface area contributed by atoms with E-state index in [4.69, 9.17) is 21.1 Å². The highest BCUT2D eigenvalue weighted by Gasteiger charge is 2.47. The number of nitriles is 1. The summed E-state index contributed by atoms with van der Waals surface area (Å²) < 4.78 is 12.4. The molecule has 10 unspecified atom stereocenters. The minimum Gasteiger partial charge on any atom is -0.376 e. The van der Waals surface area contributed by atoms with E-state index in [-0.39, 0.29) is 59.5 Å². The van der Waals surface area contributed by atoms with Crippen molar-refractivity contribution in [3.8, 4) is 6.07 Å². The Balaban J connectivity index is 1.34. The van der Waals surface area contributed by atoms with Crippen molar-refractivity contribution in [3.63, 3.8) is 0 Å². The van der Waals surface area contributed by atoms with Crippen LogP contribution >= 0.6 is 11.6 Å². The topological polar surface area (TPSA) is 107 Å². The van der Waals surface area contributed by atoms with Gasteiger partial charge in [0.1, 0.15) is 0 Å². The summed E-state index contributed by atoms with van der Waals surface area (Å²) in [6, 6.07) is 3.59. The first kappa shape index (κ1) is 32.0. The van der Waals surface area contributed by atoms with Crippen LogP contribution < -0.4 is 21.3 Å². The Morgan fingerprint density at radius 1 is 1.10 bits per heavy atom. The standard InChI is InChI=1S/C31H54ClN5O3/c1-4-39-29-16-26-24(15-27(29)37-30(38)10-7-8-20(2)3)31(21(17-33)18-35-26)36-22-11-12-28(25(32)14-22)40-19-23-9-5-6-13-34-23/h20-29,31,34-36H,4-16,18-19H2,1-3H3,(H,37,38). The van der Waals surface area contributed by atoms with Gasteiger partial charge in [0.25, 0.3) is 0 Å². The highest BCUT2D eigenvalue weighted by atomic mass is 35.5. The van der Waals surface area contributed by atoms with E-state index in [1.54, 1.807) is 0 Å². The molecular weight excluding hydrogens is 526 g/mol. The Kier molecular flexibility index (Phi) is 12.8. The summed E-state index contributed by atoms with van der Waals surface area (Å²) in [5, 5.41) is 24.5. The van der Waals surface area contributed by atoms with Crippen LogP contribution in [-0.2, 0) is 14.3 Å². The van der Waals surface area contributed by atoms with Gasteiger partial charge in [0.15, 0.2) is 0 Å². The number of hydrogen-bond acceptors (Lipinski definition) is 7. The number of ether oxygens (including phenoxy) is 2. The van der Waals surface area contributed by atoms with E-state index >= 15 is 0 Å². The highest BCUT2D eigenvalue weighted by molar-refractivity contribution is 6.21. The maximum Gasteiger partial charge on any atom is 0.220 e. The maximum absolute atomic E-state index is 12.9. The van der Waals surface area contributed by atoms with Gasteiger partial charge in [-0.3, -0.25) is 4.79 Å². The Morgan fingerprint density at radius 2 is 1.95 bits per heavy atom. The number of nitrogens with zero attached hydrogens (tertiary/aromatic N) is 1. The Labute approximate surface area is 247 Å². The second-order valence-electron chi connectivity index (χ2n) is 13.1. The van der Waals surface area contributed by atoms with Gasteiger partial charge in [-0.15, -0.1) is 11.6 Å². The minimum absolute atomic E-state index is 0.00875. The number of fused-ring (bicyclic) bond motifs is 1. The van der Waals surface area contributed by atoms with Crippen molar-refractivity contribution >= 4 is 17.5 Å². The smallest absolute Gasteiger partial charge is 0.220 e. The zero-order chi connectivity index (χ0) is 28.5. The summed E-state index contributed by atoms with van der Waals surface area (Å²) in [7, 11) is 0. The number of hydrogen-bond donors (Lipinski definition) is 4. The molecule has 2 saturated carbocycles. The molecule has 0 aromatic carbocycles. The average molecular weight is 580 g/mol. The molecule has 10 atom stereocenters. The number of carbonyl (C=O) groups excluding carboxylic acids is 1. The fourth-order valence-corrected chi connectivity index (χ4v) is 7.82. The molecule has 40 heavy (non-hydrogen) atoms. The molecule has 2 aliphatic heterocycles. The van der Waals surface area contributed by atoms with E-state index in [2.05, 4.69) is 41.2 Å². The number of rotatable bonds is 12. The van der Waals surface area contributed by atoms with E-state index in [0.717, 1.165) is 58.1 Å². The minimum atomic E-state index is -0.118. The highest BCUT2D eigenvalue weighted by Crippen LogP contribution is 2.36. The van der Waals surface area contributed by atoms with E-state index in [1.807, 2.05) is 6.92 Å². The van der Waals surface area contributed by atoms with Crippen LogP contribution in [0.2, 0.25) is 0 Å².